The van der Waals surface area contributed by atoms with Crippen molar-refractivity contribution in [2.75, 3.05) is 38.2 Å². The van der Waals surface area contributed by atoms with Gasteiger partial charge in [0.15, 0.2) is 5.13 Å². The van der Waals surface area contributed by atoms with Gasteiger partial charge in [-0.25, -0.2) is 4.98 Å². The first kappa shape index (κ1) is 18.7. The average molecular weight is 375 g/mol. The summed E-state index contributed by atoms with van der Waals surface area (Å²) in [5.41, 5.74) is 1.04. The number of thiazole rings is 1. The van der Waals surface area contributed by atoms with E-state index in [0.717, 1.165) is 49.0 Å². The minimum Gasteiger partial charge on any atom is -0.497 e. The highest BCUT2D eigenvalue weighted by atomic mass is 32.1. The molecular weight excluding hydrogens is 348 g/mol. The van der Waals surface area contributed by atoms with Crippen molar-refractivity contribution < 1.29 is 9.53 Å². The number of carbonyl (C=O) groups excluding carboxylic acids is 1. The topological polar surface area (TPSA) is 57.7 Å². The Hall–Kier alpha value is -2.12. The summed E-state index contributed by atoms with van der Waals surface area (Å²) in [5, 5.41) is 6.12. The lowest BCUT2D eigenvalue weighted by atomic mass is 10.2. The van der Waals surface area contributed by atoms with Crippen molar-refractivity contribution in [3.05, 3.63) is 41.4 Å². The minimum atomic E-state index is -0.142. The highest BCUT2D eigenvalue weighted by molar-refractivity contribution is 7.13. The molecule has 1 aliphatic rings. The SMILES string of the molecule is COc1cccc(CNC(=O)C(C)N2CCCN(c3nccs3)CC2)c1. The molecule has 0 radical (unpaired) electrons. The number of aromatic nitrogens is 1. The van der Waals surface area contributed by atoms with E-state index < -0.39 is 0 Å². The van der Waals surface area contributed by atoms with Crippen molar-refractivity contribution in [2.45, 2.75) is 25.9 Å². The Kier molecular flexibility index (Phi) is 6.46. The molecule has 1 aromatic carbocycles. The second-order valence-corrected chi connectivity index (χ2v) is 7.31. The number of amides is 1. The minimum absolute atomic E-state index is 0.0653. The summed E-state index contributed by atoms with van der Waals surface area (Å²) >= 11 is 1.67. The van der Waals surface area contributed by atoms with Crippen LogP contribution in [-0.2, 0) is 11.3 Å². The number of hydrogen-bond donors (Lipinski definition) is 1. The molecule has 140 valence electrons. The number of hydrogen-bond acceptors (Lipinski definition) is 6. The van der Waals surface area contributed by atoms with Gasteiger partial charge in [0.2, 0.25) is 5.91 Å². The van der Waals surface area contributed by atoms with Crippen LogP contribution in [0, 0.1) is 0 Å². The lowest BCUT2D eigenvalue weighted by molar-refractivity contribution is -0.126. The van der Waals surface area contributed by atoms with E-state index >= 15 is 0 Å². The molecule has 0 spiro atoms. The van der Waals surface area contributed by atoms with Gasteiger partial charge in [0, 0.05) is 44.3 Å². The highest BCUT2D eigenvalue weighted by Crippen LogP contribution is 2.19. The smallest absolute Gasteiger partial charge is 0.237 e. The first-order chi connectivity index (χ1) is 12.7. The summed E-state index contributed by atoms with van der Waals surface area (Å²) in [6.45, 7) is 6.19. The normalized spacial score (nSPS) is 16.8. The van der Waals surface area contributed by atoms with Gasteiger partial charge in [0.1, 0.15) is 5.75 Å². The molecular formula is C19H26N4O2S. The molecule has 1 saturated heterocycles. The standard InChI is InChI=1S/C19H26N4O2S/c1-15(18(24)21-14-16-5-3-6-17(13-16)25-2)22-8-4-9-23(11-10-22)19-20-7-12-26-19/h3,5-7,12-13,15H,4,8-11,14H2,1-2H3,(H,21,24). The number of nitrogens with one attached hydrogen (secondary N) is 1. The number of benzene rings is 1. The predicted octanol–water partition coefficient (Wildman–Crippen LogP) is 2.37. The third-order valence-corrected chi connectivity index (χ3v) is 5.58. The maximum atomic E-state index is 12.6. The largest absolute Gasteiger partial charge is 0.497 e. The predicted molar refractivity (Wildman–Crippen MR) is 105 cm³/mol. The number of rotatable bonds is 6. The first-order valence-electron chi connectivity index (χ1n) is 8.96. The van der Waals surface area contributed by atoms with Gasteiger partial charge in [0.25, 0.3) is 0 Å². The third-order valence-electron chi connectivity index (χ3n) is 4.75. The van der Waals surface area contributed by atoms with Crippen LogP contribution in [0.5, 0.6) is 5.75 Å². The van der Waals surface area contributed by atoms with E-state index in [-0.39, 0.29) is 11.9 Å². The lowest BCUT2D eigenvalue weighted by Gasteiger charge is -2.27. The van der Waals surface area contributed by atoms with Gasteiger partial charge >= 0.3 is 0 Å². The van der Waals surface area contributed by atoms with Gasteiger partial charge in [-0.3, -0.25) is 9.69 Å². The molecule has 0 bridgehead atoms. The number of anilines is 1. The van der Waals surface area contributed by atoms with Gasteiger partial charge in [-0.2, -0.15) is 0 Å². The Morgan fingerprint density at radius 1 is 1.35 bits per heavy atom. The van der Waals surface area contributed by atoms with Gasteiger partial charge in [-0.15, -0.1) is 11.3 Å². The van der Waals surface area contributed by atoms with Gasteiger partial charge in [-0.05, 0) is 31.0 Å². The monoisotopic (exact) mass is 374 g/mol. The van der Waals surface area contributed by atoms with Gasteiger partial charge in [0.05, 0.1) is 13.2 Å². The van der Waals surface area contributed by atoms with E-state index in [1.54, 1.807) is 18.4 Å². The molecule has 0 saturated carbocycles. The molecule has 1 N–H and O–H groups in total. The number of methoxy groups -OCH3 is 1. The van der Waals surface area contributed by atoms with Crippen LogP contribution in [0.4, 0.5) is 5.13 Å². The Labute approximate surface area is 158 Å². The summed E-state index contributed by atoms with van der Waals surface area (Å²) in [4.78, 5) is 21.6. The van der Waals surface area contributed by atoms with Crippen LogP contribution < -0.4 is 15.0 Å². The fourth-order valence-corrected chi connectivity index (χ4v) is 3.87. The summed E-state index contributed by atoms with van der Waals surface area (Å²) in [7, 11) is 1.65. The first-order valence-corrected chi connectivity index (χ1v) is 9.84. The van der Waals surface area contributed by atoms with Crippen LogP contribution in [0.2, 0.25) is 0 Å². The number of ether oxygens (including phenoxy) is 1. The van der Waals surface area contributed by atoms with Crippen LogP contribution in [0.3, 0.4) is 0 Å². The summed E-state index contributed by atoms with van der Waals surface area (Å²) < 4.78 is 5.23. The molecule has 7 heteroatoms. The molecule has 26 heavy (non-hydrogen) atoms. The average Bonchev–Trinajstić information content (AvgIpc) is 3.10. The van der Waals surface area contributed by atoms with Crippen molar-refractivity contribution in [1.82, 2.24) is 15.2 Å². The molecule has 6 nitrogen and oxygen atoms in total. The third kappa shape index (κ3) is 4.74. The Balaban J connectivity index is 1.51. The van der Waals surface area contributed by atoms with Crippen molar-refractivity contribution in [1.29, 1.82) is 0 Å². The summed E-state index contributed by atoms with van der Waals surface area (Å²) in [6.07, 6.45) is 2.88. The summed E-state index contributed by atoms with van der Waals surface area (Å²) in [5.74, 6) is 0.870. The molecule has 1 unspecified atom stereocenters. The second kappa shape index (κ2) is 9.00. The van der Waals surface area contributed by atoms with Crippen molar-refractivity contribution >= 4 is 22.4 Å². The molecule has 3 rings (SSSR count). The van der Waals surface area contributed by atoms with Crippen LogP contribution >= 0.6 is 11.3 Å². The molecule has 1 amide bonds. The van der Waals surface area contributed by atoms with Crippen LogP contribution in [0.25, 0.3) is 0 Å². The number of nitrogens with zero attached hydrogens (tertiary/aromatic N) is 3. The molecule has 0 aliphatic carbocycles. The van der Waals surface area contributed by atoms with E-state index in [4.69, 9.17) is 4.74 Å². The zero-order valence-electron chi connectivity index (χ0n) is 15.4. The maximum Gasteiger partial charge on any atom is 0.237 e. The molecule has 1 aliphatic heterocycles. The van der Waals surface area contributed by atoms with Gasteiger partial charge < -0.3 is 15.0 Å². The molecule has 1 fully saturated rings. The van der Waals surface area contributed by atoms with Crippen LogP contribution in [0.15, 0.2) is 35.8 Å². The van der Waals surface area contributed by atoms with E-state index in [1.165, 1.54) is 0 Å². The zero-order chi connectivity index (χ0) is 18.4. The fraction of sp³-hybridized carbons (Fsp3) is 0.474. The zero-order valence-corrected chi connectivity index (χ0v) is 16.2. The molecule has 1 aromatic heterocycles. The highest BCUT2D eigenvalue weighted by Gasteiger charge is 2.24. The van der Waals surface area contributed by atoms with E-state index in [9.17, 15) is 4.79 Å². The Bertz CT molecular complexity index is 707. The molecule has 2 aromatic rings. The maximum absolute atomic E-state index is 12.6. The molecule has 1 atom stereocenters. The van der Waals surface area contributed by atoms with Crippen molar-refractivity contribution in [2.24, 2.45) is 0 Å². The van der Waals surface area contributed by atoms with E-state index in [2.05, 4.69) is 20.1 Å². The lowest BCUT2D eigenvalue weighted by Crippen LogP contribution is -2.46. The Morgan fingerprint density at radius 2 is 2.23 bits per heavy atom. The van der Waals surface area contributed by atoms with Gasteiger partial charge in [-0.1, -0.05) is 12.1 Å². The van der Waals surface area contributed by atoms with E-state index in [1.807, 2.05) is 42.8 Å². The van der Waals surface area contributed by atoms with Crippen LogP contribution in [-0.4, -0.2) is 55.1 Å². The van der Waals surface area contributed by atoms with Crippen molar-refractivity contribution in [3.63, 3.8) is 0 Å². The fourth-order valence-electron chi connectivity index (χ4n) is 3.17. The van der Waals surface area contributed by atoms with Crippen molar-refractivity contribution in [3.8, 4) is 5.75 Å². The Morgan fingerprint density at radius 3 is 3.00 bits per heavy atom. The van der Waals surface area contributed by atoms with E-state index in [0.29, 0.717) is 6.54 Å². The van der Waals surface area contributed by atoms with Crippen LogP contribution in [0.1, 0.15) is 18.9 Å². The second-order valence-electron chi connectivity index (χ2n) is 6.44. The molecule has 2 heterocycles. The number of carbonyl (C=O) groups is 1. The quantitative estimate of drug-likeness (QED) is 0.841. The summed E-state index contributed by atoms with van der Waals surface area (Å²) in [6, 6.07) is 7.64.